The Morgan fingerprint density at radius 1 is 1.43 bits per heavy atom. The van der Waals surface area contributed by atoms with E-state index < -0.39 is 5.97 Å². The largest absolute Gasteiger partial charge is 0.478 e. The van der Waals surface area contributed by atoms with Gasteiger partial charge in [0.2, 0.25) is 0 Å². The van der Waals surface area contributed by atoms with Gasteiger partial charge in [0, 0.05) is 19.0 Å². The van der Waals surface area contributed by atoms with Crippen LogP contribution in [-0.4, -0.2) is 42.4 Å². The van der Waals surface area contributed by atoms with Crippen molar-refractivity contribution in [1.82, 2.24) is 4.98 Å². The van der Waals surface area contributed by atoms with E-state index in [0.29, 0.717) is 23.3 Å². The third-order valence-electron chi connectivity index (χ3n) is 3.51. The van der Waals surface area contributed by atoms with Crippen LogP contribution in [0.2, 0.25) is 0 Å². The van der Waals surface area contributed by atoms with Crippen LogP contribution in [-0.2, 0) is 4.74 Å². The second-order valence-electron chi connectivity index (χ2n) is 4.94. The highest BCUT2D eigenvalue weighted by molar-refractivity contribution is 6.03. The normalized spacial score (nSPS) is 12.3. The topological polar surface area (TPSA) is 62.7 Å². The highest BCUT2D eigenvalue weighted by Gasteiger charge is 2.18. The van der Waals surface area contributed by atoms with Crippen LogP contribution < -0.4 is 4.90 Å². The molecule has 1 aromatic carbocycles. The van der Waals surface area contributed by atoms with Crippen LogP contribution in [0.25, 0.3) is 10.9 Å². The Bertz CT molecular complexity index is 642. The first-order valence-corrected chi connectivity index (χ1v) is 6.97. The zero-order chi connectivity index (χ0) is 15.4. The summed E-state index contributed by atoms with van der Waals surface area (Å²) in [5.74, 6) is -0.275. The van der Waals surface area contributed by atoms with Crippen molar-refractivity contribution in [3.8, 4) is 0 Å². The molecule has 5 nitrogen and oxygen atoms in total. The molecular formula is C16H20N2O3. The molecule has 0 amide bonds. The molecule has 0 aliphatic heterocycles. The van der Waals surface area contributed by atoms with Crippen molar-refractivity contribution in [3.63, 3.8) is 0 Å². The monoisotopic (exact) mass is 288 g/mol. The number of benzene rings is 1. The van der Waals surface area contributed by atoms with Crippen LogP contribution in [0.3, 0.4) is 0 Å². The standard InChI is InChI=1S/C16H20N2O3/c1-4-18(11(2)10-21-3)15-9-13(16(19)20)12-7-5-6-8-14(12)17-15/h5-9,11H,4,10H2,1-3H3,(H,19,20). The SMILES string of the molecule is CCN(c1cc(C(=O)O)c2ccccc2n1)C(C)COC. The number of anilines is 1. The fourth-order valence-electron chi connectivity index (χ4n) is 2.52. The second-order valence-corrected chi connectivity index (χ2v) is 4.94. The van der Waals surface area contributed by atoms with E-state index in [1.165, 1.54) is 0 Å². The molecule has 1 unspecified atom stereocenters. The number of methoxy groups -OCH3 is 1. The fraction of sp³-hybridized carbons (Fsp3) is 0.375. The van der Waals surface area contributed by atoms with Gasteiger partial charge in [-0.1, -0.05) is 18.2 Å². The number of aromatic carboxylic acids is 1. The molecule has 0 radical (unpaired) electrons. The van der Waals surface area contributed by atoms with Gasteiger partial charge in [-0.05, 0) is 26.0 Å². The molecule has 1 atom stereocenters. The Labute approximate surface area is 124 Å². The van der Waals surface area contributed by atoms with Crippen molar-refractivity contribution in [1.29, 1.82) is 0 Å². The molecule has 1 N–H and O–H groups in total. The molecule has 0 saturated heterocycles. The maximum absolute atomic E-state index is 11.5. The molecule has 0 bridgehead atoms. The Morgan fingerprint density at radius 2 is 2.14 bits per heavy atom. The van der Waals surface area contributed by atoms with Crippen molar-refractivity contribution in [2.75, 3.05) is 25.2 Å². The molecule has 1 heterocycles. The Hall–Kier alpha value is -2.14. The molecular weight excluding hydrogens is 268 g/mol. The molecule has 0 aliphatic rings. The molecule has 0 fully saturated rings. The number of pyridine rings is 1. The van der Waals surface area contributed by atoms with Gasteiger partial charge in [0.05, 0.1) is 23.7 Å². The highest BCUT2D eigenvalue weighted by atomic mass is 16.5. The first-order chi connectivity index (χ1) is 10.1. The van der Waals surface area contributed by atoms with Gasteiger partial charge < -0.3 is 14.7 Å². The molecule has 0 aliphatic carbocycles. The minimum atomic E-state index is -0.940. The number of likely N-dealkylation sites (N-methyl/N-ethyl adjacent to an activating group) is 1. The number of nitrogens with zero attached hydrogens (tertiary/aromatic N) is 2. The summed E-state index contributed by atoms with van der Waals surface area (Å²) < 4.78 is 5.19. The number of para-hydroxylation sites is 1. The average Bonchev–Trinajstić information content (AvgIpc) is 2.47. The number of aromatic nitrogens is 1. The zero-order valence-corrected chi connectivity index (χ0v) is 12.5. The Balaban J connectivity index is 2.55. The van der Waals surface area contributed by atoms with Crippen molar-refractivity contribution < 1.29 is 14.6 Å². The summed E-state index contributed by atoms with van der Waals surface area (Å²) >= 11 is 0. The lowest BCUT2D eigenvalue weighted by molar-refractivity contribution is 0.0699. The van der Waals surface area contributed by atoms with E-state index >= 15 is 0 Å². The summed E-state index contributed by atoms with van der Waals surface area (Å²) in [6.07, 6.45) is 0. The van der Waals surface area contributed by atoms with Crippen LogP contribution in [0, 0.1) is 0 Å². The van der Waals surface area contributed by atoms with Crippen molar-refractivity contribution >= 4 is 22.7 Å². The van der Waals surface area contributed by atoms with Gasteiger partial charge in [0.25, 0.3) is 0 Å². The lowest BCUT2D eigenvalue weighted by Crippen LogP contribution is -2.36. The predicted molar refractivity (Wildman–Crippen MR) is 83.1 cm³/mol. The van der Waals surface area contributed by atoms with E-state index in [2.05, 4.69) is 4.98 Å². The first kappa shape index (κ1) is 15.3. The average molecular weight is 288 g/mol. The molecule has 112 valence electrons. The molecule has 1 aromatic heterocycles. The summed E-state index contributed by atoms with van der Waals surface area (Å²) in [5.41, 5.74) is 0.967. The molecule has 0 spiro atoms. The molecule has 21 heavy (non-hydrogen) atoms. The Morgan fingerprint density at radius 3 is 2.76 bits per heavy atom. The van der Waals surface area contributed by atoms with Gasteiger partial charge in [0.1, 0.15) is 5.82 Å². The van der Waals surface area contributed by atoms with Crippen LogP contribution in [0.15, 0.2) is 30.3 Å². The fourth-order valence-corrected chi connectivity index (χ4v) is 2.52. The summed E-state index contributed by atoms with van der Waals surface area (Å²) in [6.45, 7) is 5.34. The minimum absolute atomic E-state index is 0.121. The number of carboxylic acids is 1. The van der Waals surface area contributed by atoms with Gasteiger partial charge in [-0.15, -0.1) is 0 Å². The van der Waals surface area contributed by atoms with Crippen LogP contribution >= 0.6 is 0 Å². The number of fused-ring (bicyclic) bond motifs is 1. The van der Waals surface area contributed by atoms with Crippen LogP contribution in [0.5, 0.6) is 0 Å². The van der Waals surface area contributed by atoms with Crippen molar-refractivity contribution in [3.05, 3.63) is 35.9 Å². The van der Waals surface area contributed by atoms with E-state index in [9.17, 15) is 9.90 Å². The van der Waals surface area contributed by atoms with Gasteiger partial charge in [0.15, 0.2) is 0 Å². The van der Waals surface area contributed by atoms with Gasteiger partial charge in [-0.3, -0.25) is 0 Å². The lowest BCUT2D eigenvalue weighted by Gasteiger charge is -2.29. The van der Waals surface area contributed by atoms with Gasteiger partial charge >= 0.3 is 5.97 Å². The maximum Gasteiger partial charge on any atom is 0.336 e. The number of hydrogen-bond acceptors (Lipinski definition) is 4. The zero-order valence-electron chi connectivity index (χ0n) is 12.5. The Kier molecular flexibility index (Phi) is 4.75. The number of hydrogen-bond donors (Lipinski definition) is 1. The molecule has 2 aromatic rings. The van der Waals surface area contributed by atoms with Crippen LogP contribution in [0.1, 0.15) is 24.2 Å². The van der Waals surface area contributed by atoms with E-state index in [4.69, 9.17) is 4.74 Å². The summed E-state index contributed by atoms with van der Waals surface area (Å²) in [7, 11) is 1.65. The van der Waals surface area contributed by atoms with E-state index in [1.807, 2.05) is 36.9 Å². The first-order valence-electron chi connectivity index (χ1n) is 6.97. The summed E-state index contributed by atoms with van der Waals surface area (Å²) in [6, 6.07) is 9.06. The minimum Gasteiger partial charge on any atom is -0.478 e. The second kappa shape index (κ2) is 6.54. The number of carbonyl (C=O) groups is 1. The van der Waals surface area contributed by atoms with E-state index in [1.54, 1.807) is 19.2 Å². The highest BCUT2D eigenvalue weighted by Crippen LogP contribution is 2.24. The molecule has 5 heteroatoms. The van der Waals surface area contributed by atoms with Crippen molar-refractivity contribution in [2.45, 2.75) is 19.9 Å². The van der Waals surface area contributed by atoms with Gasteiger partial charge in [-0.25, -0.2) is 9.78 Å². The summed E-state index contributed by atoms with van der Waals surface area (Å²) in [5, 5.41) is 10.1. The van der Waals surface area contributed by atoms with Crippen LogP contribution in [0.4, 0.5) is 5.82 Å². The van der Waals surface area contributed by atoms with E-state index in [0.717, 1.165) is 6.54 Å². The van der Waals surface area contributed by atoms with Gasteiger partial charge in [-0.2, -0.15) is 0 Å². The summed E-state index contributed by atoms with van der Waals surface area (Å²) in [4.78, 5) is 18.1. The smallest absolute Gasteiger partial charge is 0.336 e. The quantitative estimate of drug-likeness (QED) is 0.885. The number of carboxylic acid groups (broad SMARTS) is 1. The third kappa shape index (κ3) is 3.13. The lowest BCUT2D eigenvalue weighted by atomic mass is 10.1. The molecule has 0 saturated carbocycles. The van der Waals surface area contributed by atoms with Crippen molar-refractivity contribution in [2.24, 2.45) is 0 Å². The number of ether oxygens (including phenoxy) is 1. The van der Waals surface area contributed by atoms with E-state index in [-0.39, 0.29) is 11.6 Å². The maximum atomic E-state index is 11.5. The molecule has 2 rings (SSSR count). The predicted octanol–water partition coefficient (Wildman–Crippen LogP) is 2.79. The third-order valence-corrected chi connectivity index (χ3v) is 3.51. The number of rotatable bonds is 6.